The largest absolute Gasteiger partial charge is 0.326 e. The van der Waals surface area contributed by atoms with Crippen molar-refractivity contribution in [2.75, 3.05) is 23.0 Å². The molecule has 0 amide bonds. The van der Waals surface area contributed by atoms with E-state index in [2.05, 4.69) is 53.1 Å². The number of benzene rings is 1. The zero-order valence-electron chi connectivity index (χ0n) is 10.8. The van der Waals surface area contributed by atoms with Crippen LogP contribution in [0.5, 0.6) is 0 Å². The molecule has 3 N–H and O–H groups in total. The maximum Gasteiger partial charge on any atom is 0.0252 e. The maximum atomic E-state index is 5.59. The molecule has 2 nitrogen and oxygen atoms in total. The third-order valence-corrected chi connectivity index (χ3v) is 5.38. The standard InChI is InChI=1S/C13H20N2S2.2ClH/c14-7-11-1-3-12(4-2-11)8-15-13-9-16-5-6-17-10-13;;/h1-4,13,15H,5-10,14H2;2*1H. The van der Waals surface area contributed by atoms with Crippen LogP contribution in [0.4, 0.5) is 0 Å². The highest BCUT2D eigenvalue weighted by Gasteiger charge is 2.11. The van der Waals surface area contributed by atoms with Gasteiger partial charge in [0.15, 0.2) is 0 Å². The smallest absolute Gasteiger partial charge is 0.0252 e. The number of rotatable bonds is 4. The number of nitrogens with one attached hydrogen (secondary N) is 1. The van der Waals surface area contributed by atoms with Gasteiger partial charge in [0.25, 0.3) is 0 Å². The summed E-state index contributed by atoms with van der Waals surface area (Å²) >= 11 is 4.13. The number of hydrogen-bond acceptors (Lipinski definition) is 4. The first-order valence-electron chi connectivity index (χ1n) is 6.05. The van der Waals surface area contributed by atoms with Crippen LogP contribution < -0.4 is 11.1 Å². The Morgan fingerprint density at radius 2 is 1.53 bits per heavy atom. The van der Waals surface area contributed by atoms with Crippen LogP contribution in [0, 0.1) is 0 Å². The Labute approximate surface area is 136 Å². The van der Waals surface area contributed by atoms with E-state index in [1.807, 2.05) is 0 Å². The first kappa shape index (κ1) is 19.4. The Bertz CT molecular complexity index is 328. The predicted molar refractivity (Wildman–Crippen MR) is 94.1 cm³/mol. The summed E-state index contributed by atoms with van der Waals surface area (Å²) in [5.41, 5.74) is 8.14. The minimum Gasteiger partial charge on any atom is -0.326 e. The average molecular weight is 341 g/mol. The van der Waals surface area contributed by atoms with Gasteiger partial charge in [0.1, 0.15) is 0 Å². The van der Waals surface area contributed by atoms with Crippen molar-refractivity contribution in [2.45, 2.75) is 19.1 Å². The minimum atomic E-state index is 0. The molecule has 19 heavy (non-hydrogen) atoms. The lowest BCUT2D eigenvalue weighted by molar-refractivity contribution is 0.604. The summed E-state index contributed by atoms with van der Waals surface area (Å²) in [6.45, 7) is 1.60. The molecule has 2 rings (SSSR count). The number of thioether (sulfide) groups is 2. The van der Waals surface area contributed by atoms with Crippen molar-refractivity contribution in [3.8, 4) is 0 Å². The van der Waals surface area contributed by atoms with Gasteiger partial charge in [-0.1, -0.05) is 24.3 Å². The quantitative estimate of drug-likeness (QED) is 0.883. The van der Waals surface area contributed by atoms with Crippen LogP contribution >= 0.6 is 48.3 Å². The highest BCUT2D eigenvalue weighted by molar-refractivity contribution is 8.03. The van der Waals surface area contributed by atoms with Gasteiger partial charge in [0, 0.05) is 42.1 Å². The minimum absolute atomic E-state index is 0. The predicted octanol–water partition coefficient (Wildman–Crippen LogP) is 2.93. The van der Waals surface area contributed by atoms with Crippen molar-refractivity contribution in [1.29, 1.82) is 0 Å². The summed E-state index contributed by atoms with van der Waals surface area (Å²) < 4.78 is 0. The Balaban J connectivity index is 0.00000162. The Morgan fingerprint density at radius 3 is 2.05 bits per heavy atom. The normalized spacial score (nSPS) is 16.1. The van der Waals surface area contributed by atoms with Crippen molar-refractivity contribution in [2.24, 2.45) is 5.73 Å². The maximum absolute atomic E-state index is 5.59. The molecule has 110 valence electrons. The molecular weight excluding hydrogens is 319 g/mol. The second kappa shape index (κ2) is 11.1. The first-order chi connectivity index (χ1) is 8.38. The monoisotopic (exact) mass is 340 g/mol. The summed E-state index contributed by atoms with van der Waals surface area (Å²) in [7, 11) is 0. The molecule has 0 atom stereocenters. The van der Waals surface area contributed by atoms with Gasteiger partial charge in [-0.05, 0) is 11.1 Å². The van der Waals surface area contributed by atoms with Crippen LogP contribution in [0.15, 0.2) is 24.3 Å². The highest BCUT2D eigenvalue weighted by Crippen LogP contribution is 2.16. The zero-order valence-corrected chi connectivity index (χ0v) is 14.1. The molecule has 1 saturated heterocycles. The van der Waals surface area contributed by atoms with Crippen molar-refractivity contribution in [3.05, 3.63) is 35.4 Å². The summed E-state index contributed by atoms with van der Waals surface area (Å²) in [5.74, 6) is 5.09. The Hall–Kier alpha value is 0.420. The van der Waals surface area contributed by atoms with E-state index in [1.54, 1.807) is 0 Å². The van der Waals surface area contributed by atoms with Gasteiger partial charge in [-0.2, -0.15) is 23.5 Å². The molecule has 1 aromatic rings. The van der Waals surface area contributed by atoms with Crippen LogP contribution in [0.3, 0.4) is 0 Å². The molecule has 1 aliphatic heterocycles. The van der Waals surface area contributed by atoms with Crippen molar-refractivity contribution >= 4 is 48.3 Å². The van der Waals surface area contributed by atoms with Crippen LogP contribution in [0.25, 0.3) is 0 Å². The summed E-state index contributed by atoms with van der Waals surface area (Å²) in [6.07, 6.45) is 0. The topological polar surface area (TPSA) is 38.0 Å². The first-order valence-corrected chi connectivity index (χ1v) is 8.36. The Morgan fingerprint density at radius 1 is 1.00 bits per heavy atom. The van der Waals surface area contributed by atoms with Gasteiger partial charge in [0.05, 0.1) is 0 Å². The van der Waals surface area contributed by atoms with Gasteiger partial charge in [-0.3, -0.25) is 0 Å². The van der Waals surface area contributed by atoms with E-state index < -0.39 is 0 Å². The molecule has 0 aromatic heterocycles. The zero-order chi connectivity index (χ0) is 11.9. The molecule has 6 heteroatoms. The van der Waals surface area contributed by atoms with Gasteiger partial charge < -0.3 is 11.1 Å². The molecule has 1 aliphatic rings. The number of hydrogen-bond donors (Lipinski definition) is 2. The van der Waals surface area contributed by atoms with Gasteiger partial charge in [-0.25, -0.2) is 0 Å². The van der Waals surface area contributed by atoms with E-state index in [0.29, 0.717) is 12.6 Å². The lowest BCUT2D eigenvalue weighted by Crippen LogP contribution is -2.32. The van der Waals surface area contributed by atoms with Crippen LogP contribution in [0.1, 0.15) is 11.1 Å². The highest BCUT2D eigenvalue weighted by atomic mass is 35.5. The molecular formula is C13H22Cl2N2S2. The summed E-state index contributed by atoms with van der Waals surface area (Å²) in [6, 6.07) is 9.24. The van der Waals surface area contributed by atoms with Gasteiger partial charge in [0.2, 0.25) is 0 Å². The van der Waals surface area contributed by atoms with E-state index in [9.17, 15) is 0 Å². The lowest BCUT2D eigenvalue weighted by atomic mass is 10.1. The third kappa shape index (κ3) is 7.11. The number of nitrogens with two attached hydrogens (primary N) is 1. The average Bonchev–Trinajstić information content (AvgIpc) is 2.65. The van der Waals surface area contributed by atoms with Crippen molar-refractivity contribution < 1.29 is 0 Å². The molecule has 0 saturated carbocycles. The lowest BCUT2D eigenvalue weighted by Gasteiger charge is -2.15. The van der Waals surface area contributed by atoms with E-state index >= 15 is 0 Å². The SMILES string of the molecule is Cl.Cl.NCc1ccc(CNC2CSCCSC2)cc1. The second-order valence-corrected chi connectivity index (χ2v) is 6.55. The van der Waals surface area contributed by atoms with E-state index in [0.717, 1.165) is 6.54 Å². The molecule has 1 aromatic carbocycles. The number of halogens is 2. The molecule has 0 unspecified atom stereocenters. The fourth-order valence-electron chi connectivity index (χ4n) is 1.79. The Kier molecular flexibility index (Phi) is 11.4. The van der Waals surface area contributed by atoms with Gasteiger partial charge in [-0.15, -0.1) is 24.8 Å². The van der Waals surface area contributed by atoms with Crippen molar-refractivity contribution in [3.63, 3.8) is 0 Å². The molecule has 0 aliphatic carbocycles. The second-order valence-electron chi connectivity index (χ2n) is 4.25. The van der Waals surface area contributed by atoms with Gasteiger partial charge >= 0.3 is 0 Å². The fourth-order valence-corrected chi connectivity index (χ4v) is 4.26. The summed E-state index contributed by atoms with van der Waals surface area (Å²) in [5, 5.41) is 3.64. The third-order valence-electron chi connectivity index (χ3n) is 2.86. The summed E-state index contributed by atoms with van der Waals surface area (Å²) in [4.78, 5) is 0. The van der Waals surface area contributed by atoms with E-state index in [-0.39, 0.29) is 24.8 Å². The van der Waals surface area contributed by atoms with Crippen molar-refractivity contribution in [1.82, 2.24) is 5.32 Å². The van der Waals surface area contributed by atoms with Crippen LogP contribution in [-0.4, -0.2) is 29.1 Å². The fraction of sp³-hybridized carbons (Fsp3) is 0.538. The van der Waals surface area contributed by atoms with Crippen LogP contribution in [0.2, 0.25) is 0 Å². The molecule has 0 spiro atoms. The molecule has 1 fully saturated rings. The molecule has 1 heterocycles. The van der Waals surface area contributed by atoms with E-state index in [4.69, 9.17) is 5.73 Å². The molecule has 0 radical (unpaired) electrons. The van der Waals surface area contributed by atoms with E-state index in [1.165, 1.54) is 34.1 Å². The van der Waals surface area contributed by atoms with Crippen LogP contribution in [-0.2, 0) is 13.1 Å². The molecule has 0 bridgehead atoms.